The van der Waals surface area contributed by atoms with Gasteiger partial charge in [-0.25, -0.2) is 9.37 Å². The van der Waals surface area contributed by atoms with Gasteiger partial charge in [-0.1, -0.05) is 6.07 Å². The third-order valence-electron chi connectivity index (χ3n) is 2.11. The number of aromatic nitrogens is 1. The van der Waals surface area contributed by atoms with Crippen molar-refractivity contribution in [3.05, 3.63) is 50.6 Å². The highest BCUT2D eigenvalue weighted by Crippen LogP contribution is 2.20. The molecule has 0 radical (unpaired) electrons. The minimum absolute atomic E-state index is 0.177. The van der Waals surface area contributed by atoms with Gasteiger partial charge in [0.25, 0.3) is 5.91 Å². The monoisotopic (exact) mass is 314 g/mol. The Balaban J connectivity index is 2.07. The summed E-state index contributed by atoms with van der Waals surface area (Å²) >= 11 is 4.51. The molecule has 0 bridgehead atoms. The third kappa shape index (κ3) is 2.89. The number of carbonyl (C=O) groups excluding carboxylic acids is 1. The molecule has 6 heteroatoms. The summed E-state index contributed by atoms with van der Waals surface area (Å²) in [7, 11) is 0. The van der Waals surface area contributed by atoms with E-state index in [0.717, 1.165) is 5.69 Å². The summed E-state index contributed by atoms with van der Waals surface area (Å²) in [6.07, 6.45) is 0. The van der Waals surface area contributed by atoms with Crippen LogP contribution in [0.4, 0.5) is 4.39 Å². The molecule has 0 saturated carbocycles. The van der Waals surface area contributed by atoms with Crippen LogP contribution in [0.15, 0.2) is 33.6 Å². The van der Waals surface area contributed by atoms with Crippen LogP contribution >= 0.6 is 27.3 Å². The number of nitrogens with one attached hydrogen (secondary N) is 1. The van der Waals surface area contributed by atoms with Gasteiger partial charge in [-0.05, 0) is 28.1 Å². The molecule has 1 aromatic carbocycles. The van der Waals surface area contributed by atoms with Crippen LogP contribution in [0, 0.1) is 5.82 Å². The molecule has 1 aromatic heterocycles. The molecule has 2 rings (SSSR count). The second kappa shape index (κ2) is 5.37. The number of nitrogens with zero attached hydrogens (tertiary/aromatic N) is 1. The number of halogens is 2. The van der Waals surface area contributed by atoms with E-state index in [1.807, 2.05) is 5.38 Å². The molecule has 0 unspecified atom stereocenters. The number of hydrogen-bond acceptors (Lipinski definition) is 3. The van der Waals surface area contributed by atoms with Crippen LogP contribution in [-0.2, 0) is 6.54 Å². The zero-order valence-corrected chi connectivity index (χ0v) is 11.0. The van der Waals surface area contributed by atoms with Crippen molar-refractivity contribution < 1.29 is 9.18 Å². The molecule has 0 aliphatic heterocycles. The Morgan fingerprint density at radius 2 is 2.35 bits per heavy atom. The molecule has 0 spiro atoms. The zero-order valence-electron chi connectivity index (χ0n) is 8.61. The van der Waals surface area contributed by atoms with Gasteiger partial charge in [0.15, 0.2) is 0 Å². The second-order valence-electron chi connectivity index (χ2n) is 3.26. The quantitative estimate of drug-likeness (QED) is 0.946. The van der Waals surface area contributed by atoms with Crippen LogP contribution in [0.1, 0.15) is 16.1 Å². The molecule has 0 atom stereocenters. The second-order valence-corrected chi connectivity index (χ2v) is 4.78. The van der Waals surface area contributed by atoms with Gasteiger partial charge in [0.2, 0.25) is 0 Å². The van der Waals surface area contributed by atoms with Crippen molar-refractivity contribution in [1.29, 1.82) is 0 Å². The van der Waals surface area contributed by atoms with E-state index >= 15 is 0 Å². The molecular formula is C11H8BrFN2OS. The standard InChI is InChI=1S/C11H8BrFN2OS/c12-10-8(2-1-3-9(10)13)11(16)14-4-7-5-17-6-15-7/h1-3,5-6H,4H2,(H,14,16). The fourth-order valence-electron chi connectivity index (χ4n) is 1.27. The Bertz CT molecular complexity index is 530. The van der Waals surface area contributed by atoms with Crippen molar-refractivity contribution in [2.24, 2.45) is 0 Å². The fourth-order valence-corrected chi connectivity index (χ4v) is 2.27. The van der Waals surface area contributed by atoms with Gasteiger partial charge < -0.3 is 5.32 Å². The maximum absolute atomic E-state index is 13.2. The number of thiazole rings is 1. The third-order valence-corrected chi connectivity index (χ3v) is 3.55. The number of amides is 1. The van der Waals surface area contributed by atoms with Gasteiger partial charge in [0.1, 0.15) is 5.82 Å². The fraction of sp³-hybridized carbons (Fsp3) is 0.0909. The highest BCUT2D eigenvalue weighted by atomic mass is 79.9. The van der Waals surface area contributed by atoms with Gasteiger partial charge in [-0.15, -0.1) is 11.3 Å². The summed E-state index contributed by atoms with van der Waals surface area (Å²) in [6, 6.07) is 4.35. The van der Waals surface area contributed by atoms with Crippen LogP contribution in [0.25, 0.3) is 0 Å². The van der Waals surface area contributed by atoms with E-state index in [2.05, 4.69) is 26.2 Å². The lowest BCUT2D eigenvalue weighted by atomic mass is 10.2. The Hall–Kier alpha value is -1.27. The summed E-state index contributed by atoms with van der Waals surface area (Å²) in [5.41, 5.74) is 2.76. The molecule has 0 fully saturated rings. The lowest BCUT2D eigenvalue weighted by molar-refractivity contribution is 0.0949. The van der Waals surface area contributed by atoms with E-state index in [9.17, 15) is 9.18 Å². The van der Waals surface area contributed by atoms with Crippen LogP contribution in [0.5, 0.6) is 0 Å². The predicted octanol–water partition coefficient (Wildman–Crippen LogP) is 2.97. The van der Waals surface area contributed by atoms with E-state index in [-0.39, 0.29) is 15.9 Å². The number of benzene rings is 1. The summed E-state index contributed by atoms with van der Waals surface area (Å²) in [5, 5.41) is 4.53. The van der Waals surface area contributed by atoms with Crippen LogP contribution in [0.2, 0.25) is 0 Å². The average molecular weight is 315 g/mol. The van der Waals surface area contributed by atoms with Crippen molar-refractivity contribution in [3.8, 4) is 0 Å². The maximum Gasteiger partial charge on any atom is 0.252 e. The highest BCUT2D eigenvalue weighted by molar-refractivity contribution is 9.10. The Labute approximate surface area is 110 Å². The zero-order chi connectivity index (χ0) is 12.3. The normalized spacial score (nSPS) is 10.2. The van der Waals surface area contributed by atoms with Gasteiger partial charge in [-0.3, -0.25) is 4.79 Å². The predicted molar refractivity (Wildman–Crippen MR) is 67.4 cm³/mol. The number of rotatable bonds is 3. The molecule has 2 aromatic rings. The maximum atomic E-state index is 13.2. The van der Waals surface area contributed by atoms with Gasteiger partial charge in [-0.2, -0.15) is 0 Å². The summed E-state index contributed by atoms with van der Waals surface area (Å²) in [4.78, 5) is 15.8. The molecule has 17 heavy (non-hydrogen) atoms. The molecule has 1 amide bonds. The molecule has 1 heterocycles. The van der Waals surface area contributed by atoms with Gasteiger partial charge in [0.05, 0.1) is 27.8 Å². The van der Waals surface area contributed by atoms with E-state index in [0.29, 0.717) is 6.54 Å². The Morgan fingerprint density at radius 1 is 1.53 bits per heavy atom. The van der Waals surface area contributed by atoms with Crippen LogP contribution in [0.3, 0.4) is 0 Å². The molecule has 3 nitrogen and oxygen atoms in total. The van der Waals surface area contributed by atoms with Crippen molar-refractivity contribution in [1.82, 2.24) is 10.3 Å². The number of carbonyl (C=O) groups is 1. The Kier molecular flexibility index (Phi) is 3.86. The van der Waals surface area contributed by atoms with Gasteiger partial charge in [0, 0.05) is 5.38 Å². The van der Waals surface area contributed by atoms with E-state index in [1.165, 1.54) is 23.5 Å². The molecular weight excluding hydrogens is 307 g/mol. The summed E-state index contributed by atoms with van der Waals surface area (Å²) < 4.78 is 13.4. The number of hydrogen-bond donors (Lipinski definition) is 1. The molecule has 1 N–H and O–H groups in total. The molecule has 0 saturated heterocycles. The van der Waals surface area contributed by atoms with Crippen molar-refractivity contribution in [2.75, 3.05) is 0 Å². The van der Waals surface area contributed by atoms with Crippen molar-refractivity contribution >= 4 is 33.2 Å². The summed E-state index contributed by atoms with van der Waals surface area (Å²) in [5.74, 6) is -0.782. The SMILES string of the molecule is O=C(NCc1cscn1)c1cccc(F)c1Br. The van der Waals surface area contributed by atoms with Crippen LogP contribution < -0.4 is 5.32 Å². The average Bonchev–Trinajstić information content (AvgIpc) is 2.82. The minimum atomic E-state index is -0.452. The Morgan fingerprint density at radius 3 is 3.06 bits per heavy atom. The van der Waals surface area contributed by atoms with Crippen molar-refractivity contribution in [2.45, 2.75) is 6.54 Å². The molecule has 88 valence electrons. The highest BCUT2D eigenvalue weighted by Gasteiger charge is 2.12. The topological polar surface area (TPSA) is 42.0 Å². The molecule has 0 aliphatic rings. The molecule has 0 aliphatic carbocycles. The first-order valence-corrected chi connectivity index (χ1v) is 6.51. The van der Waals surface area contributed by atoms with Crippen LogP contribution in [-0.4, -0.2) is 10.9 Å². The largest absolute Gasteiger partial charge is 0.346 e. The summed E-state index contributed by atoms with van der Waals surface area (Å²) in [6.45, 7) is 0.339. The van der Waals surface area contributed by atoms with Crippen molar-refractivity contribution in [3.63, 3.8) is 0 Å². The smallest absolute Gasteiger partial charge is 0.252 e. The van der Waals surface area contributed by atoms with Gasteiger partial charge >= 0.3 is 0 Å². The minimum Gasteiger partial charge on any atom is -0.346 e. The van der Waals surface area contributed by atoms with E-state index in [1.54, 1.807) is 11.6 Å². The first kappa shape index (κ1) is 12.2. The first-order valence-electron chi connectivity index (χ1n) is 4.78. The lowest BCUT2D eigenvalue weighted by Crippen LogP contribution is -2.23. The lowest BCUT2D eigenvalue weighted by Gasteiger charge is -2.05. The first-order chi connectivity index (χ1) is 8.18. The van der Waals surface area contributed by atoms with E-state index in [4.69, 9.17) is 0 Å². The van der Waals surface area contributed by atoms with E-state index < -0.39 is 5.82 Å².